The minimum Gasteiger partial charge on any atom is -0.391 e. The van der Waals surface area contributed by atoms with Crippen molar-refractivity contribution in [2.24, 2.45) is 5.92 Å². The summed E-state index contributed by atoms with van der Waals surface area (Å²) in [5.41, 5.74) is 0.665. The van der Waals surface area contributed by atoms with Crippen molar-refractivity contribution in [2.45, 2.75) is 50.2 Å². The van der Waals surface area contributed by atoms with Gasteiger partial charge < -0.3 is 10.4 Å². The molecule has 0 bridgehead atoms. The van der Waals surface area contributed by atoms with E-state index in [9.17, 15) is 18.7 Å². The molecule has 3 nitrogen and oxygen atoms in total. The van der Waals surface area contributed by atoms with Gasteiger partial charge in [-0.05, 0) is 42.9 Å². The van der Waals surface area contributed by atoms with Gasteiger partial charge in [0.15, 0.2) is 11.6 Å². The molecular formula is C16H19F2NO2. The van der Waals surface area contributed by atoms with Crippen LogP contribution in [0.15, 0.2) is 18.2 Å². The third-order valence-corrected chi connectivity index (χ3v) is 4.56. The molecule has 0 spiro atoms. The molecule has 3 rings (SSSR count). The highest BCUT2D eigenvalue weighted by molar-refractivity contribution is 5.83. The van der Waals surface area contributed by atoms with Crippen molar-refractivity contribution in [2.75, 3.05) is 0 Å². The molecule has 0 aliphatic heterocycles. The molecule has 0 saturated heterocycles. The summed E-state index contributed by atoms with van der Waals surface area (Å²) in [6.45, 7) is 0. The second-order valence-corrected chi connectivity index (χ2v) is 6.09. The van der Waals surface area contributed by atoms with Crippen LogP contribution in [-0.2, 0) is 4.79 Å². The van der Waals surface area contributed by atoms with Gasteiger partial charge in [0.1, 0.15) is 0 Å². The topological polar surface area (TPSA) is 49.3 Å². The van der Waals surface area contributed by atoms with Crippen molar-refractivity contribution in [1.82, 2.24) is 5.32 Å². The number of carbonyl (C=O) groups excluding carboxylic acids is 1. The van der Waals surface area contributed by atoms with Crippen molar-refractivity contribution in [3.63, 3.8) is 0 Å². The van der Waals surface area contributed by atoms with E-state index in [4.69, 9.17) is 0 Å². The summed E-state index contributed by atoms with van der Waals surface area (Å²) in [5, 5.41) is 12.8. The molecule has 0 radical (unpaired) electrons. The molecule has 4 atom stereocenters. The van der Waals surface area contributed by atoms with Gasteiger partial charge in [-0.25, -0.2) is 8.78 Å². The molecule has 2 fully saturated rings. The van der Waals surface area contributed by atoms with Gasteiger partial charge >= 0.3 is 0 Å². The Morgan fingerprint density at radius 2 is 1.95 bits per heavy atom. The van der Waals surface area contributed by atoms with Crippen LogP contribution < -0.4 is 5.32 Å². The number of amides is 1. The van der Waals surface area contributed by atoms with E-state index >= 15 is 0 Å². The van der Waals surface area contributed by atoms with Crippen LogP contribution in [0.5, 0.6) is 0 Å². The van der Waals surface area contributed by atoms with Crippen LogP contribution in [0.25, 0.3) is 0 Å². The molecule has 114 valence electrons. The van der Waals surface area contributed by atoms with Gasteiger partial charge in [0.05, 0.1) is 12.1 Å². The van der Waals surface area contributed by atoms with Crippen LogP contribution in [0.3, 0.4) is 0 Å². The summed E-state index contributed by atoms with van der Waals surface area (Å²) in [7, 11) is 0. The second kappa shape index (κ2) is 5.72. The number of hydrogen-bond acceptors (Lipinski definition) is 2. The maximum absolute atomic E-state index is 13.2. The molecule has 2 aliphatic rings. The Balaban J connectivity index is 1.59. The van der Waals surface area contributed by atoms with Gasteiger partial charge in [0.2, 0.25) is 5.91 Å². The number of nitrogens with one attached hydrogen (secondary N) is 1. The zero-order valence-electron chi connectivity index (χ0n) is 11.7. The average molecular weight is 295 g/mol. The van der Waals surface area contributed by atoms with E-state index in [0.717, 1.165) is 31.7 Å². The van der Waals surface area contributed by atoms with Crippen molar-refractivity contribution in [3.05, 3.63) is 35.4 Å². The number of halogens is 2. The number of aliphatic hydroxyl groups excluding tert-OH is 1. The van der Waals surface area contributed by atoms with Gasteiger partial charge in [-0.15, -0.1) is 0 Å². The molecule has 4 unspecified atom stereocenters. The van der Waals surface area contributed by atoms with E-state index in [1.54, 1.807) is 0 Å². The Bertz CT molecular complexity index is 549. The van der Waals surface area contributed by atoms with E-state index in [1.807, 2.05) is 0 Å². The highest BCUT2D eigenvalue weighted by Gasteiger charge is 2.45. The molecule has 0 heterocycles. The molecule has 2 aliphatic carbocycles. The highest BCUT2D eigenvalue weighted by atomic mass is 19.2. The Morgan fingerprint density at radius 3 is 2.67 bits per heavy atom. The van der Waals surface area contributed by atoms with Crippen LogP contribution in [0.2, 0.25) is 0 Å². The fourth-order valence-corrected chi connectivity index (χ4v) is 3.17. The maximum Gasteiger partial charge on any atom is 0.224 e. The summed E-state index contributed by atoms with van der Waals surface area (Å²) in [6, 6.07) is 3.63. The molecule has 0 aromatic heterocycles. The van der Waals surface area contributed by atoms with Crippen LogP contribution in [-0.4, -0.2) is 23.2 Å². The first kappa shape index (κ1) is 14.4. The number of carbonyl (C=O) groups is 1. The molecule has 2 N–H and O–H groups in total. The number of hydrogen-bond donors (Lipinski definition) is 2. The zero-order valence-corrected chi connectivity index (χ0v) is 11.7. The van der Waals surface area contributed by atoms with Crippen LogP contribution in [0.1, 0.15) is 43.6 Å². The lowest BCUT2D eigenvalue weighted by atomic mass is 9.92. The van der Waals surface area contributed by atoms with E-state index in [0.29, 0.717) is 12.0 Å². The van der Waals surface area contributed by atoms with E-state index < -0.39 is 17.7 Å². The predicted octanol–water partition coefficient (Wildman–Crippen LogP) is 2.49. The van der Waals surface area contributed by atoms with Gasteiger partial charge in [-0.2, -0.15) is 0 Å². The number of rotatable bonds is 3. The molecule has 1 aromatic rings. The van der Waals surface area contributed by atoms with Crippen molar-refractivity contribution < 1.29 is 18.7 Å². The Labute approximate surface area is 122 Å². The van der Waals surface area contributed by atoms with Crippen LogP contribution in [0, 0.1) is 17.6 Å². The summed E-state index contributed by atoms with van der Waals surface area (Å²) in [6.07, 6.45) is 3.72. The summed E-state index contributed by atoms with van der Waals surface area (Å²) >= 11 is 0. The monoisotopic (exact) mass is 295 g/mol. The highest BCUT2D eigenvalue weighted by Crippen LogP contribution is 2.47. The van der Waals surface area contributed by atoms with E-state index in [2.05, 4.69) is 5.32 Å². The van der Waals surface area contributed by atoms with Gasteiger partial charge in [0, 0.05) is 5.92 Å². The van der Waals surface area contributed by atoms with E-state index in [1.165, 1.54) is 12.1 Å². The minimum atomic E-state index is -0.874. The normalized spacial score (nSPS) is 31.8. The molecule has 1 aromatic carbocycles. The van der Waals surface area contributed by atoms with Crippen molar-refractivity contribution in [3.8, 4) is 0 Å². The fraction of sp³-hybridized carbons (Fsp3) is 0.562. The molecule has 1 amide bonds. The SMILES string of the molecule is O=C(NC1CCCCC1O)C1CC1c1ccc(F)c(F)c1. The Hall–Kier alpha value is -1.49. The summed E-state index contributed by atoms with van der Waals surface area (Å²) < 4.78 is 26.1. The van der Waals surface area contributed by atoms with Gasteiger partial charge in [-0.3, -0.25) is 4.79 Å². The molecule has 2 saturated carbocycles. The quantitative estimate of drug-likeness (QED) is 0.900. The molecular weight excluding hydrogens is 276 g/mol. The van der Waals surface area contributed by atoms with Gasteiger partial charge in [0.25, 0.3) is 0 Å². The summed E-state index contributed by atoms with van der Waals surface area (Å²) in [4.78, 5) is 12.2. The smallest absolute Gasteiger partial charge is 0.224 e. The molecule has 5 heteroatoms. The lowest BCUT2D eigenvalue weighted by Crippen LogP contribution is -2.45. The second-order valence-electron chi connectivity index (χ2n) is 6.09. The number of benzene rings is 1. The van der Waals surface area contributed by atoms with Crippen molar-refractivity contribution in [1.29, 1.82) is 0 Å². The van der Waals surface area contributed by atoms with E-state index in [-0.39, 0.29) is 23.8 Å². The standard InChI is InChI=1S/C16H19F2NO2/c17-12-6-5-9(7-13(12)18)10-8-11(10)16(21)19-14-3-1-2-4-15(14)20/h5-7,10-11,14-15,20H,1-4,8H2,(H,19,21). The first-order valence-electron chi connectivity index (χ1n) is 7.49. The minimum absolute atomic E-state index is 0.0409. The number of aliphatic hydroxyl groups is 1. The van der Waals surface area contributed by atoms with Crippen LogP contribution in [0.4, 0.5) is 8.78 Å². The predicted molar refractivity (Wildman–Crippen MR) is 73.6 cm³/mol. The Kier molecular flexibility index (Phi) is 3.93. The first-order valence-corrected chi connectivity index (χ1v) is 7.49. The Morgan fingerprint density at radius 1 is 1.19 bits per heavy atom. The summed E-state index contributed by atoms with van der Waals surface area (Å²) in [5.74, 6) is -2.06. The third-order valence-electron chi connectivity index (χ3n) is 4.56. The average Bonchev–Trinajstić information content (AvgIpc) is 3.25. The largest absolute Gasteiger partial charge is 0.391 e. The first-order chi connectivity index (χ1) is 10.1. The van der Waals surface area contributed by atoms with Gasteiger partial charge in [-0.1, -0.05) is 18.9 Å². The lowest BCUT2D eigenvalue weighted by Gasteiger charge is -2.28. The molecule has 21 heavy (non-hydrogen) atoms. The van der Waals surface area contributed by atoms with Crippen molar-refractivity contribution >= 4 is 5.91 Å². The van der Waals surface area contributed by atoms with Crippen LogP contribution >= 0.6 is 0 Å². The lowest BCUT2D eigenvalue weighted by molar-refractivity contribution is -0.124. The zero-order chi connectivity index (χ0) is 15.0. The fourth-order valence-electron chi connectivity index (χ4n) is 3.17. The maximum atomic E-state index is 13.2. The third kappa shape index (κ3) is 3.07.